The molecule has 5 rings (SSSR count). The van der Waals surface area contributed by atoms with Crippen LogP contribution < -0.4 is 5.32 Å². The highest BCUT2D eigenvalue weighted by molar-refractivity contribution is 7.15. The summed E-state index contributed by atoms with van der Waals surface area (Å²) >= 11 is 1.61. The molecule has 3 aromatic carbocycles. The molecular weight excluding hydrogens is 457 g/mol. The van der Waals surface area contributed by atoms with Gasteiger partial charge >= 0.3 is 0 Å². The van der Waals surface area contributed by atoms with E-state index in [0.717, 1.165) is 39.7 Å². The third-order valence-electron chi connectivity index (χ3n) is 6.38. The molecule has 5 aromatic rings. The van der Waals surface area contributed by atoms with Gasteiger partial charge < -0.3 is 5.32 Å². The Morgan fingerprint density at radius 1 is 0.971 bits per heavy atom. The molecule has 1 atom stereocenters. The van der Waals surface area contributed by atoms with E-state index < -0.39 is 0 Å². The van der Waals surface area contributed by atoms with E-state index in [-0.39, 0.29) is 17.2 Å². The van der Waals surface area contributed by atoms with E-state index in [1.165, 1.54) is 23.3 Å². The van der Waals surface area contributed by atoms with E-state index in [9.17, 15) is 4.39 Å². The molecule has 0 aliphatic carbocycles. The van der Waals surface area contributed by atoms with Gasteiger partial charge in [-0.25, -0.2) is 9.07 Å². The van der Waals surface area contributed by atoms with Crippen molar-refractivity contribution in [1.82, 2.24) is 20.0 Å². The Hall–Kier alpha value is -3.58. The molecule has 0 saturated carbocycles. The lowest BCUT2D eigenvalue weighted by Crippen LogP contribution is -2.31. The first-order valence-electron chi connectivity index (χ1n) is 11.8. The molecule has 0 fully saturated rings. The van der Waals surface area contributed by atoms with Crippen molar-refractivity contribution in [2.75, 3.05) is 11.9 Å². The van der Waals surface area contributed by atoms with Crippen molar-refractivity contribution in [2.45, 2.75) is 33.1 Å². The Labute approximate surface area is 208 Å². The van der Waals surface area contributed by atoms with Crippen LogP contribution in [0.4, 0.5) is 9.52 Å². The van der Waals surface area contributed by atoms with Gasteiger partial charge in [0.05, 0.1) is 17.4 Å². The first kappa shape index (κ1) is 23.2. The average Bonchev–Trinajstić information content (AvgIpc) is 3.51. The predicted octanol–water partition coefficient (Wildman–Crippen LogP) is 6.85. The zero-order valence-corrected chi connectivity index (χ0v) is 20.9. The molecule has 178 valence electrons. The predicted molar refractivity (Wildman–Crippen MR) is 141 cm³/mol. The van der Waals surface area contributed by atoms with Gasteiger partial charge in [0.15, 0.2) is 0 Å². The van der Waals surface area contributed by atoms with Crippen LogP contribution in [0.15, 0.2) is 79.0 Å². The van der Waals surface area contributed by atoms with E-state index in [1.54, 1.807) is 23.5 Å². The van der Waals surface area contributed by atoms with Crippen LogP contribution in [0.2, 0.25) is 0 Å². The molecule has 5 nitrogen and oxygen atoms in total. The van der Waals surface area contributed by atoms with Crippen molar-refractivity contribution in [3.05, 3.63) is 101 Å². The van der Waals surface area contributed by atoms with E-state index in [0.29, 0.717) is 0 Å². The highest BCUT2D eigenvalue weighted by Crippen LogP contribution is 2.42. The first-order chi connectivity index (χ1) is 16.9. The molecule has 0 amide bonds. The monoisotopic (exact) mass is 485 g/mol. The molecule has 0 saturated heterocycles. The third-order valence-corrected chi connectivity index (χ3v) is 7.40. The zero-order chi connectivity index (χ0) is 24.4. The summed E-state index contributed by atoms with van der Waals surface area (Å²) in [5, 5.41) is 19.6. The van der Waals surface area contributed by atoms with Crippen LogP contribution in [-0.2, 0) is 6.42 Å². The van der Waals surface area contributed by atoms with Crippen LogP contribution in [0, 0.1) is 11.2 Å². The van der Waals surface area contributed by atoms with Crippen LogP contribution in [0.5, 0.6) is 0 Å². The second-order valence-electron chi connectivity index (χ2n) is 9.39. The summed E-state index contributed by atoms with van der Waals surface area (Å²) in [5.74, 6) is -0.109. The van der Waals surface area contributed by atoms with Gasteiger partial charge in [-0.1, -0.05) is 68.5 Å². The molecule has 1 N–H and O–H groups in total. The normalized spacial score (nSPS) is 12.7. The molecule has 0 radical (unpaired) electrons. The van der Waals surface area contributed by atoms with Crippen molar-refractivity contribution in [1.29, 1.82) is 0 Å². The minimum atomic E-state index is -0.256. The van der Waals surface area contributed by atoms with Gasteiger partial charge in [0.25, 0.3) is 0 Å². The maximum atomic E-state index is 13.4. The SMILES string of the molecule is CCc1nnc(NCC(C)(C)C(c2ccccc2)c2ccc3c(cnn3-c3ccc(F)cc3)c2)s1. The molecule has 0 aliphatic rings. The summed E-state index contributed by atoms with van der Waals surface area (Å²) in [6.07, 6.45) is 2.77. The molecule has 2 aromatic heterocycles. The summed E-state index contributed by atoms with van der Waals surface area (Å²) in [6.45, 7) is 7.41. The Balaban J connectivity index is 1.50. The second-order valence-corrected chi connectivity index (χ2v) is 10.5. The van der Waals surface area contributed by atoms with Crippen LogP contribution in [0.3, 0.4) is 0 Å². The summed E-state index contributed by atoms with van der Waals surface area (Å²) in [6, 6.07) is 23.5. The first-order valence-corrected chi connectivity index (χ1v) is 12.6. The molecule has 0 bridgehead atoms. The van der Waals surface area contributed by atoms with Crippen molar-refractivity contribution in [3.8, 4) is 5.69 Å². The highest BCUT2D eigenvalue weighted by atomic mass is 32.1. The molecule has 0 aliphatic heterocycles. The Morgan fingerprint density at radius 2 is 1.74 bits per heavy atom. The number of nitrogens with zero attached hydrogens (tertiary/aromatic N) is 4. The largest absolute Gasteiger partial charge is 0.360 e. The minimum absolute atomic E-state index is 0.125. The molecule has 7 heteroatoms. The highest BCUT2D eigenvalue weighted by Gasteiger charge is 2.33. The van der Waals surface area contributed by atoms with E-state index in [2.05, 4.69) is 89.9 Å². The number of rotatable bonds is 8. The quantitative estimate of drug-likeness (QED) is 0.261. The topological polar surface area (TPSA) is 55.6 Å². The van der Waals surface area contributed by atoms with Crippen molar-refractivity contribution in [3.63, 3.8) is 0 Å². The average molecular weight is 486 g/mol. The summed E-state index contributed by atoms with van der Waals surface area (Å²) in [7, 11) is 0. The van der Waals surface area contributed by atoms with E-state index in [1.807, 2.05) is 10.9 Å². The number of aromatic nitrogens is 4. The van der Waals surface area contributed by atoms with Crippen LogP contribution in [0.25, 0.3) is 16.6 Å². The Morgan fingerprint density at radius 3 is 2.46 bits per heavy atom. The number of benzene rings is 3. The maximum Gasteiger partial charge on any atom is 0.205 e. The Kier molecular flexibility index (Phi) is 6.34. The second kappa shape index (κ2) is 9.58. The van der Waals surface area contributed by atoms with Crippen LogP contribution in [0.1, 0.15) is 42.8 Å². The van der Waals surface area contributed by atoms with Gasteiger partial charge in [-0.05, 0) is 59.4 Å². The van der Waals surface area contributed by atoms with Gasteiger partial charge in [-0.2, -0.15) is 5.10 Å². The number of hydrogen-bond donors (Lipinski definition) is 1. The maximum absolute atomic E-state index is 13.4. The molecule has 2 heterocycles. The fourth-order valence-corrected chi connectivity index (χ4v) is 5.31. The molecule has 35 heavy (non-hydrogen) atoms. The van der Waals surface area contributed by atoms with Gasteiger partial charge in [0.2, 0.25) is 5.13 Å². The van der Waals surface area contributed by atoms with Gasteiger partial charge in [0.1, 0.15) is 10.8 Å². The number of aryl methyl sites for hydroxylation is 1. The van der Waals surface area contributed by atoms with Gasteiger partial charge in [-0.15, -0.1) is 10.2 Å². The van der Waals surface area contributed by atoms with Gasteiger partial charge in [0, 0.05) is 17.8 Å². The van der Waals surface area contributed by atoms with Crippen LogP contribution >= 0.6 is 11.3 Å². The summed E-state index contributed by atoms with van der Waals surface area (Å²) in [5.41, 5.74) is 4.18. The minimum Gasteiger partial charge on any atom is -0.360 e. The molecule has 1 unspecified atom stereocenters. The number of nitrogens with one attached hydrogen (secondary N) is 1. The lowest BCUT2D eigenvalue weighted by atomic mass is 9.71. The number of halogens is 1. The third kappa shape index (κ3) is 4.82. The standard InChI is InChI=1S/C28H28FN5S/c1-4-25-32-33-27(35-25)30-18-28(2,3)26(19-8-6-5-7-9-19)20-10-15-24-21(16-20)17-31-34(24)23-13-11-22(29)12-14-23/h5-17,26H,4,18H2,1-3H3,(H,30,33). The zero-order valence-electron chi connectivity index (χ0n) is 20.1. The number of hydrogen-bond acceptors (Lipinski definition) is 5. The van der Waals surface area contributed by atoms with Crippen LogP contribution in [-0.4, -0.2) is 26.5 Å². The number of anilines is 1. The fourth-order valence-electron chi connectivity index (χ4n) is 4.63. The molecule has 0 spiro atoms. The fraction of sp³-hybridized carbons (Fsp3) is 0.250. The summed E-state index contributed by atoms with van der Waals surface area (Å²) in [4.78, 5) is 0. The molecular formula is C28H28FN5S. The van der Waals surface area contributed by atoms with E-state index in [4.69, 9.17) is 0 Å². The van der Waals surface area contributed by atoms with Crippen molar-refractivity contribution >= 4 is 27.4 Å². The van der Waals surface area contributed by atoms with Crippen molar-refractivity contribution < 1.29 is 4.39 Å². The van der Waals surface area contributed by atoms with E-state index >= 15 is 0 Å². The smallest absolute Gasteiger partial charge is 0.205 e. The summed E-state index contributed by atoms with van der Waals surface area (Å²) < 4.78 is 15.3. The lowest BCUT2D eigenvalue weighted by molar-refractivity contribution is 0.340. The van der Waals surface area contributed by atoms with Gasteiger partial charge in [-0.3, -0.25) is 0 Å². The Bertz CT molecular complexity index is 1420. The van der Waals surface area contributed by atoms with Crippen molar-refractivity contribution in [2.24, 2.45) is 5.41 Å². The lowest BCUT2D eigenvalue weighted by Gasteiger charge is -2.35. The number of fused-ring (bicyclic) bond motifs is 1.